The number of hydrogen-bond donors (Lipinski definition) is 1. The molecular formula is C12H19ClO2. The first-order valence-electron chi connectivity index (χ1n) is 5.19. The van der Waals surface area contributed by atoms with Crippen LogP contribution in [-0.4, -0.2) is 11.1 Å². The molecule has 0 heterocycles. The normalized spacial score (nSPS) is 30.1. The van der Waals surface area contributed by atoms with Crippen molar-refractivity contribution < 1.29 is 9.90 Å². The first-order valence-corrected chi connectivity index (χ1v) is 5.57. The summed E-state index contributed by atoms with van der Waals surface area (Å²) in [5.74, 6) is -0.935. The van der Waals surface area contributed by atoms with Crippen molar-refractivity contribution in [3.8, 4) is 0 Å². The molecule has 0 spiro atoms. The monoisotopic (exact) mass is 230 g/mol. The van der Waals surface area contributed by atoms with E-state index in [2.05, 4.69) is 0 Å². The van der Waals surface area contributed by atoms with Gasteiger partial charge in [0.05, 0.1) is 5.92 Å². The van der Waals surface area contributed by atoms with Gasteiger partial charge in [-0.05, 0) is 16.7 Å². The molecule has 15 heavy (non-hydrogen) atoms. The van der Waals surface area contributed by atoms with E-state index in [4.69, 9.17) is 16.7 Å². The minimum Gasteiger partial charge on any atom is -0.481 e. The number of carboxylic acids is 1. The van der Waals surface area contributed by atoms with E-state index in [0.29, 0.717) is 0 Å². The zero-order valence-corrected chi connectivity index (χ0v) is 10.7. The van der Waals surface area contributed by atoms with Gasteiger partial charge in [-0.2, -0.15) is 0 Å². The lowest BCUT2D eigenvalue weighted by molar-refractivity contribution is -0.139. The average molecular weight is 231 g/mol. The van der Waals surface area contributed by atoms with Gasteiger partial charge in [0.1, 0.15) is 0 Å². The zero-order chi connectivity index (χ0) is 12.0. The Hall–Kier alpha value is -0.500. The Morgan fingerprint density at radius 2 is 1.87 bits per heavy atom. The third-order valence-corrected chi connectivity index (χ3v) is 3.91. The maximum Gasteiger partial charge on any atom is 0.307 e. The summed E-state index contributed by atoms with van der Waals surface area (Å²) in [7, 11) is 0. The molecule has 1 fully saturated rings. The van der Waals surface area contributed by atoms with Gasteiger partial charge in [-0.15, -0.1) is 0 Å². The fraction of sp³-hybridized carbons (Fsp3) is 0.750. The maximum absolute atomic E-state index is 10.9. The molecule has 0 bridgehead atoms. The van der Waals surface area contributed by atoms with E-state index in [0.717, 1.165) is 5.03 Å². The van der Waals surface area contributed by atoms with E-state index in [-0.39, 0.29) is 22.7 Å². The van der Waals surface area contributed by atoms with E-state index in [1.165, 1.54) is 0 Å². The highest BCUT2D eigenvalue weighted by molar-refractivity contribution is 6.30. The molecule has 2 atom stereocenters. The minimum atomic E-state index is -0.723. The molecular weight excluding hydrogens is 212 g/mol. The highest BCUT2D eigenvalue weighted by Gasteiger charge is 2.61. The van der Waals surface area contributed by atoms with Crippen molar-refractivity contribution in [1.29, 1.82) is 0 Å². The molecule has 86 valence electrons. The Morgan fingerprint density at radius 1 is 1.40 bits per heavy atom. The molecule has 0 aromatic rings. The quantitative estimate of drug-likeness (QED) is 0.788. The van der Waals surface area contributed by atoms with Gasteiger partial charge in [-0.3, -0.25) is 4.79 Å². The van der Waals surface area contributed by atoms with Crippen LogP contribution >= 0.6 is 11.6 Å². The number of carbonyl (C=O) groups is 1. The summed E-state index contributed by atoms with van der Waals surface area (Å²) in [6.07, 6.45) is 1.92. The van der Waals surface area contributed by atoms with Crippen LogP contribution in [0.2, 0.25) is 0 Å². The second-order valence-electron chi connectivity index (χ2n) is 5.93. The molecule has 2 unspecified atom stereocenters. The molecule has 0 amide bonds. The summed E-state index contributed by atoms with van der Waals surface area (Å²) in [6.45, 7) is 10.0. The van der Waals surface area contributed by atoms with Crippen molar-refractivity contribution in [1.82, 2.24) is 0 Å². The van der Waals surface area contributed by atoms with Gasteiger partial charge < -0.3 is 5.11 Å². The van der Waals surface area contributed by atoms with Gasteiger partial charge in [0.15, 0.2) is 0 Å². The molecule has 0 aliphatic heterocycles. The van der Waals surface area contributed by atoms with Crippen LogP contribution in [-0.2, 0) is 4.79 Å². The number of rotatable bonds is 2. The van der Waals surface area contributed by atoms with E-state index in [1.54, 1.807) is 0 Å². The number of hydrogen-bond acceptors (Lipinski definition) is 1. The molecule has 1 aliphatic rings. The van der Waals surface area contributed by atoms with Crippen LogP contribution < -0.4 is 0 Å². The molecule has 1 rings (SSSR count). The fourth-order valence-electron chi connectivity index (χ4n) is 1.87. The SMILES string of the molecule is CC(C)(C)C(Cl)=CC1C(C(=O)O)C1(C)C. The third-order valence-electron chi connectivity index (χ3n) is 3.22. The third kappa shape index (κ3) is 2.36. The van der Waals surface area contributed by atoms with Crippen molar-refractivity contribution in [2.45, 2.75) is 34.6 Å². The topological polar surface area (TPSA) is 37.3 Å². The maximum atomic E-state index is 10.9. The van der Waals surface area contributed by atoms with Gasteiger partial charge in [-0.1, -0.05) is 52.3 Å². The van der Waals surface area contributed by atoms with Crippen molar-refractivity contribution in [3.05, 3.63) is 11.1 Å². The summed E-state index contributed by atoms with van der Waals surface area (Å²) < 4.78 is 0. The Morgan fingerprint density at radius 3 is 2.13 bits per heavy atom. The Labute approximate surface area is 96.3 Å². The zero-order valence-electron chi connectivity index (χ0n) is 9.97. The first kappa shape index (κ1) is 12.6. The van der Waals surface area contributed by atoms with E-state index in [1.807, 2.05) is 40.7 Å². The van der Waals surface area contributed by atoms with Crippen LogP contribution in [0, 0.1) is 22.7 Å². The largest absolute Gasteiger partial charge is 0.481 e. The predicted molar refractivity (Wildman–Crippen MR) is 61.8 cm³/mol. The molecule has 0 aromatic carbocycles. The number of aliphatic carboxylic acids is 1. The lowest BCUT2D eigenvalue weighted by atomic mass is 9.94. The Bertz CT molecular complexity index is 310. The second kappa shape index (κ2) is 3.51. The smallest absolute Gasteiger partial charge is 0.307 e. The average Bonchev–Trinajstić information content (AvgIpc) is 2.50. The van der Waals surface area contributed by atoms with Gasteiger partial charge >= 0.3 is 5.97 Å². The molecule has 1 saturated carbocycles. The number of halogens is 1. The molecule has 0 radical (unpaired) electrons. The second-order valence-corrected chi connectivity index (χ2v) is 6.33. The van der Waals surface area contributed by atoms with Gasteiger partial charge in [-0.25, -0.2) is 0 Å². The molecule has 1 N–H and O–H groups in total. The Kier molecular flexibility index (Phi) is 2.94. The summed E-state index contributed by atoms with van der Waals surface area (Å²) in [4.78, 5) is 10.9. The van der Waals surface area contributed by atoms with Crippen LogP contribution in [0.25, 0.3) is 0 Å². The van der Waals surface area contributed by atoms with Gasteiger partial charge in [0.2, 0.25) is 0 Å². The van der Waals surface area contributed by atoms with Gasteiger partial charge in [0, 0.05) is 5.03 Å². The molecule has 2 nitrogen and oxygen atoms in total. The van der Waals surface area contributed by atoms with Crippen molar-refractivity contribution >= 4 is 17.6 Å². The van der Waals surface area contributed by atoms with Crippen LogP contribution in [0.1, 0.15) is 34.6 Å². The summed E-state index contributed by atoms with van der Waals surface area (Å²) in [6, 6.07) is 0. The van der Waals surface area contributed by atoms with Crippen LogP contribution in [0.15, 0.2) is 11.1 Å². The van der Waals surface area contributed by atoms with Crippen molar-refractivity contribution in [2.24, 2.45) is 22.7 Å². The van der Waals surface area contributed by atoms with E-state index >= 15 is 0 Å². The van der Waals surface area contributed by atoms with Crippen LogP contribution in [0.5, 0.6) is 0 Å². The highest BCUT2D eigenvalue weighted by atomic mass is 35.5. The lowest BCUT2D eigenvalue weighted by Gasteiger charge is -2.17. The first-order chi connectivity index (χ1) is 6.58. The summed E-state index contributed by atoms with van der Waals surface area (Å²) in [5, 5.41) is 9.76. The summed E-state index contributed by atoms with van der Waals surface area (Å²) in [5.41, 5.74) is -0.250. The van der Waals surface area contributed by atoms with E-state index < -0.39 is 5.97 Å². The molecule has 0 aromatic heterocycles. The minimum absolute atomic E-state index is 0.0710. The van der Waals surface area contributed by atoms with Crippen LogP contribution in [0.4, 0.5) is 0 Å². The molecule has 0 saturated heterocycles. The van der Waals surface area contributed by atoms with Crippen LogP contribution in [0.3, 0.4) is 0 Å². The summed E-state index contributed by atoms with van der Waals surface area (Å²) >= 11 is 6.16. The standard InChI is InChI=1S/C12H19ClO2/c1-11(2,3)8(13)6-7-9(10(14)15)12(7,4)5/h6-7,9H,1-5H3,(H,14,15). The highest BCUT2D eigenvalue weighted by Crippen LogP contribution is 2.60. The number of allylic oxidation sites excluding steroid dienone is 2. The van der Waals surface area contributed by atoms with E-state index in [9.17, 15) is 4.79 Å². The fourth-order valence-corrected chi connectivity index (χ4v) is 2.00. The lowest BCUT2D eigenvalue weighted by Crippen LogP contribution is -2.05. The Balaban J connectivity index is 2.83. The molecule has 3 heteroatoms. The molecule has 1 aliphatic carbocycles. The van der Waals surface area contributed by atoms with Crippen molar-refractivity contribution in [3.63, 3.8) is 0 Å². The predicted octanol–water partition coefficient (Wildman–Crippen LogP) is 3.51. The van der Waals surface area contributed by atoms with Gasteiger partial charge in [0.25, 0.3) is 0 Å². The number of carboxylic acid groups (broad SMARTS) is 1. The van der Waals surface area contributed by atoms with Crippen molar-refractivity contribution in [2.75, 3.05) is 0 Å².